The van der Waals surface area contributed by atoms with Crippen molar-refractivity contribution in [3.8, 4) is 11.5 Å². The van der Waals surface area contributed by atoms with Gasteiger partial charge in [0.25, 0.3) is 15.9 Å². The maximum Gasteiger partial charge on any atom is 0.261 e. The van der Waals surface area contributed by atoms with Crippen LogP contribution in [-0.4, -0.2) is 34.6 Å². The van der Waals surface area contributed by atoms with E-state index in [4.69, 9.17) is 21.1 Å². The fourth-order valence-corrected chi connectivity index (χ4v) is 4.15. The lowest BCUT2D eigenvalue weighted by Gasteiger charge is -2.12. The van der Waals surface area contributed by atoms with Gasteiger partial charge in [-0.2, -0.15) is 0 Å². The Morgan fingerprint density at radius 2 is 1.72 bits per heavy atom. The highest BCUT2D eigenvalue weighted by atomic mass is 35.5. The van der Waals surface area contributed by atoms with Gasteiger partial charge in [-0.05, 0) is 49.4 Å². The number of carbonyl (C=O) groups is 1. The van der Waals surface area contributed by atoms with Crippen molar-refractivity contribution in [1.29, 1.82) is 0 Å². The number of sulfonamides is 1. The molecule has 32 heavy (non-hydrogen) atoms. The molecule has 2 N–H and O–H groups in total. The molecular weight excluding hydrogens is 452 g/mol. The first-order valence-electron chi connectivity index (χ1n) is 9.72. The lowest BCUT2D eigenvalue weighted by molar-refractivity contribution is 0.0947. The molecule has 0 aliphatic rings. The van der Waals surface area contributed by atoms with Gasteiger partial charge in [0.2, 0.25) is 0 Å². The van der Waals surface area contributed by atoms with Gasteiger partial charge in [-0.3, -0.25) is 9.52 Å². The number of anilines is 1. The topological polar surface area (TPSA) is 93.7 Å². The number of halogens is 1. The number of hydrogen-bond donors (Lipinski definition) is 2. The second-order valence-corrected chi connectivity index (χ2v) is 8.99. The Balaban J connectivity index is 1.56. The van der Waals surface area contributed by atoms with Crippen molar-refractivity contribution < 1.29 is 22.7 Å². The standard InChI is InChI=1S/C23H23ClN2O5S/c1-16-6-9-20(10-7-16)32(28,29)26-22-11-8-17(14-21(22)24)23(27)25-12-13-31-19-5-3-4-18(15-19)30-2/h3-11,14-15,26H,12-13H2,1-2H3,(H,25,27). The molecule has 9 heteroatoms. The number of nitrogens with one attached hydrogen (secondary N) is 2. The van der Waals surface area contributed by atoms with Crippen LogP contribution >= 0.6 is 11.6 Å². The van der Waals surface area contributed by atoms with E-state index in [-0.39, 0.29) is 34.7 Å². The van der Waals surface area contributed by atoms with Gasteiger partial charge in [0.15, 0.2) is 0 Å². The summed E-state index contributed by atoms with van der Waals surface area (Å²) in [6.45, 7) is 2.41. The van der Waals surface area contributed by atoms with E-state index in [0.717, 1.165) is 5.56 Å². The van der Waals surface area contributed by atoms with Crippen LogP contribution in [0.4, 0.5) is 5.69 Å². The number of amides is 1. The summed E-state index contributed by atoms with van der Waals surface area (Å²) in [6, 6.07) is 18.0. The Morgan fingerprint density at radius 3 is 2.41 bits per heavy atom. The predicted octanol–water partition coefficient (Wildman–Crippen LogP) is 4.27. The van der Waals surface area contributed by atoms with Crippen molar-refractivity contribution in [3.05, 3.63) is 82.9 Å². The Hall–Kier alpha value is -3.23. The monoisotopic (exact) mass is 474 g/mol. The summed E-state index contributed by atoms with van der Waals surface area (Å²) in [4.78, 5) is 12.5. The Kier molecular flexibility index (Phi) is 7.61. The van der Waals surface area contributed by atoms with Gasteiger partial charge >= 0.3 is 0 Å². The molecule has 0 radical (unpaired) electrons. The number of hydrogen-bond acceptors (Lipinski definition) is 5. The highest BCUT2D eigenvalue weighted by Crippen LogP contribution is 2.26. The zero-order valence-corrected chi connectivity index (χ0v) is 19.2. The molecule has 0 heterocycles. The van der Waals surface area contributed by atoms with Crippen molar-refractivity contribution >= 4 is 33.2 Å². The fourth-order valence-electron chi connectivity index (χ4n) is 2.79. The van der Waals surface area contributed by atoms with E-state index >= 15 is 0 Å². The maximum absolute atomic E-state index is 12.5. The molecule has 3 rings (SSSR count). The van der Waals surface area contributed by atoms with Crippen LogP contribution in [0.1, 0.15) is 15.9 Å². The number of aryl methyl sites for hydroxylation is 1. The average Bonchev–Trinajstić information content (AvgIpc) is 2.78. The van der Waals surface area contributed by atoms with Crippen LogP contribution in [0.2, 0.25) is 5.02 Å². The molecule has 0 spiro atoms. The van der Waals surface area contributed by atoms with Crippen molar-refractivity contribution in [3.63, 3.8) is 0 Å². The molecule has 0 aliphatic heterocycles. The number of carbonyl (C=O) groups excluding carboxylic acids is 1. The van der Waals surface area contributed by atoms with Crippen LogP contribution in [0.25, 0.3) is 0 Å². The van der Waals surface area contributed by atoms with Crippen molar-refractivity contribution in [1.82, 2.24) is 5.32 Å². The largest absolute Gasteiger partial charge is 0.497 e. The highest BCUT2D eigenvalue weighted by Gasteiger charge is 2.16. The molecule has 0 aromatic heterocycles. The normalized spacial score (nSPS) is 11.0. The van der Waals surface area contributed by atoms with Gasteiger partial charge in [-0.15, -0.1) is 0 Å². The molecule has 1 amide bonds. The molecule has 0 atom stereocenters. The van der Waals surface area contributed by atoms with Crippen LogP contribution in [0.5, 0.6) is 11.5 Å². The van der Waals surface area contributed by atoms with Crippen molar-refractivity contribution in [2.75, 3.05) is 25.0 Å². The Bertz CT molecular complexity index is 1200. The second-order valence-electron chi connectivity index (χ2n) is 6.90. The van der Waals surface area contributed by atoms with Gasteiger partial charge in [-0.1, -0.05) is 35.4 Å². The van der Waals surface area contributed by atoms with E-state index in [9.17, 15) is 13.2 Å². The molecule has 0 fully saturated rings. The minimum absolute atomic E-state index is 0.112. The summed E-state index contributed by atoms with van der Waals surface area (Å²) in [6.07, 6.45) is 0. The first kappa shape index (κ1) is 23.4. The summed E-state index contributed by atoms with van der Waals surface area (Å²) >= 11 is 6.22. The molecule has 3 aromatic rings. The minimum Gasteiger partial charge on any atom is -0.497 e. The molecule has 168 valence electrons. The van der Waals surface area contributed by atoms with Gasteiger partial charge in [-0.25, -0.2) is 8.42 Å². The third kappa shape index (κ3) is 6.15. The zero-order valence-electron chi connectivity index (χ0n) is 17.6. The van der Waals surface area contributed by atoms with Crippen molar-refractivity contribution in [2.45, 2.75) is 11.8 Å². The minimum atomic E-state index is -3.80. The molecule has 0 saturated carbocycles. The third-order valence-corrected chi connectivity index (χ3v) is 6.20. The highest BCUT2D eigenvalue weighted by molar-refractivity contribution is 7.92. The van der Waals surface area contributed by atoms with Crippen LogP contribution in [0.15, 0.2) is 71.6 Å². The van der Waals surface area contributed by atoms with E-state index in [1.165, 1.54) is 30.3 Å². The summed E-state index contributed by atoms with van der Waals surface area (Å²) in [5.41, 5.74) is 1.44. The molecule has 3 aromatic carbocycles. The number of benzene rings is 3. The van der Waals surface area contributed by atoms with Crippen LogP contribution in [0.3, 0.4) is 0 Å². The van der Waals surface area contributed by atoms with E-state index in [0.29, 0.717) is 17.1 Å². The van der Waals surface area contributed by atoms with Crippen LogP contribution in [-0.2, 0) is 10.0 Å². The first-order valence-corrected chi connectivity index (χ1v) is 11.6. The Labute approximate surface area is 192 Å². The number of rotatable bonds is 9. The molecule has 0 aliphatic carbocycles. The fraction of sp³-hybridized carbons (Fsp3) is 0.174. The maximum atomic E-state index is 12.5. The Morgan fingerprint density at radius 1 is 1.00 bits per heavy atom. The summed E-state index contributed by atoms with van der Waals surface area (Å²) in [5, 5.41) is 2.84. The third-order valence-electron chi connectivity index (χ3n) is 4.50. The number of methoxy groups -OCH3 is 1. The summed E-state index contributed by atoms with van der Waals surface area (Å²) in [5.74, 6) is 0.959. The molecular formula is C23H23ClN2O5S. The second kappa shape index (κ2) is 10.4. The summed E-state index contributed by atoms with van der Waals surface area (Å²) < 4.78 is 38.3. The van der Waals surface area contributed by atoms with Crippen molar-refractivity contribution in [2.24, 2.45) is 0 Å². The zero-order chi connectivity index (χ0) is 23.1. The number of ether oxygens (including phenoxy) is 2. The SMILES string of the molecule is COc1cccc(OCCNC(=O)c2ccc(NS(=O)(=O)c3ccc(C)cc3)c(Cl)c2)c1. The quantitative estimate of drug-likeness (QED) is 0.452. The van der Waals surface area contributed by atoms with Crippen LogP contribution in [0, 0.1) is 6.92 Å². The lowest BCUT2D eigenvalue weighted by Crippen LogP contribution is -2.28. The molecule has 0 unspecified atom stereocenters. The molecule has 7 nitrogen and oxygen atoms in total. The van der Waals surface area contributed by atoms with E-state index in [1.807, 2.05) is 19.1 Å². The van der Waals surface area contributed by atoms with E-state index in [2.05, 4.69) is 10.0 Å². The van der Waals surface area contributed by atoms with E-state index in [1.54, 1.807) is 31.4 Å². The smallest absolute Gasteiger partial charge is 0.261 e. The average molecular weight is 475 g/mol. The molecule has 0 bridgehead atoms. The predicted molar refractivity (Wildman–Crippen MR) is 124 cm³/mol. The van der Waals surface area contributed by atoms with Gasteiger partial charge in [0, 0.05) is 11.6 Å². The van der Waals surface area contributed by atoms with Gasteiger partial charge < -0.3 is 14.8 Å². The molecule has 0 saturated heterocycles. The van der Waals surface area contributed by atoms with Crippen LogP contribution < -0.4 is 19.5 Å². The van der Waals surface area contributed by atoms with E-state index < -0.39 is 10.0 Å². The van der Waals surface area contributed by atoms with Gasteiger partial charge in [0.05, 0.1) is 29.3 Å². The summed E-state index contributed by atoms with van der Waals surface area (Å²) in [7, 11) is -2.22. The van der Waals surface area contributed by atoms with Gasteiger partial charge in [0.1, 0.15) is 18.1 Å². The lowest BCUT2D eigenvalue weighted by atomic mass is 10.2. The first-order chi connectivity index (χ1) is 15.3.